The van der Waals surface area contributed by atoms with Crippen LogP contribution in [0.4, 0.5) is 11.4 Å². The van der Waals surface area contributed by atoms with E-state index in [9.17, 15) is 14.2 Å². The number of nitrogens with zero attached hydrogens (tertiary/aromatic N) is 1. The topological polar surface area (TPSA) is 76.0 Å². The minimum atomic E-state index is -3.20. The highest BCUT2D eigenvalue weighted by atomic mass is 35.5. The molecule has 0 fully saturated rings. The molecule has 0 aliphatic carbocycles. The molecule has 4 N–H and O–H groups in total. The number of hydrogen-bond donors (Lipinski definition) is 4. The summed E-state index contributed by atoms with van der Waals surface area (Å²) in [4.78, 5) is 0. The van der Waals surface area contributed by atoms with Crippen molar-refractivity contribution in [2.24, 2.45) is 0 Å². The molecule has 138 valence electrons. The molecule has 0 saturated heterocycles. The number of anilines is 2. The normalized spacial score (nSPS) is 21.0. The Bertz CT molecular complexity index is 687. The molecule has 0 aromatic heterocycles. The molecule has 0 unspecified atom stereocenters. The molecule has 0 spiro atoms. The third-order valence-electron chi connectivity index (χ3n) is 4.42. The number of aliphatic hydroxyl groups excluding tert-OH is 1. The summed E-state index contributed by atoms with van der Waals surface area (Å²) in [5.74, 6) is 0. The van der Waals surface area contributed by atoms with Crippen molar-refractivity contribution in [1.82, 2.24) is 5.32 Å². The maximum atomic E-state index is 11.0. The molecule has 25 heavy (non-hydrogen) atoms. The van der Waals surface area contributed by atoms with E-state index in [4.69, 9.17) is 0 Å². The molecular weight excluding hydrogens is 360 g/mol. The number of benzene rings is 2. The van der Waals surface area contributed by atoms with Crippen molar-refractivity contribution in [3.8, 4) is 0 Å². The summed E-state index contributed by atoms with van der Waals surface area (Å²) in [7, 11) is -1.39. The largest absolute Gasteiger partial charge is 0.391 e. The second-order valence-electron chi connectivity index (χ2n) is 6.02. The van der Waals surface area contributed by atoms with Crippen LogP contribution in [-0.2, 0) is 6.42 Å². The molecule has 1 aliphatic heterocycles. The summed E-state index contributed by atoms with van der Waals surface area (Å²) in [6.07, 6.45) is 0.135. The van der Waals surface area contributed by atoms with Crippen LogP contribution in [0.5, 0.6) is 0 Å². The van der Waals surface area contributed by atoms with Crippen LogP contribution < -0.4 is 9.62 Å². The minimum absolute atomic E-state index is 0. The van der Waals surface area contributed by atoms with Crippen molar-refractivity contribution in [3.05, 3.63) is 60.2 Å². The average molecular weight is 385 g/mol. The van der Waals surface area contributed by atoms with Gasteiger partial charge in [-0.15, -0.1) is 23.2 Å². The molecule has 1 aliphatic rings. The Hall–Kier alpha value is -1.28. The van der Waals surface area contributed by atoms with E-state index in [2.05, 4.69) is 5.32 Å². The summed E-state index contributed by atoms with van der Waals surface area (Å²) in [5, 5.41) is 12.9. The van der Waals surface area contributed by atoms with Gasteiger partial charge in [0.25, 0.3) is 0 Å². The quantitative estimate of drug-likeness (QED) is 0.630. The van der Waals surface area contributed by atoms with Gasteiger partial charge in [-0.25, -0.2) is 4.31 Å². The lowest BCUT2D eigenvalue weighted by Crippen LogP contribution is -2.44. The molecule has 2 atom stereocenters. The highest BCUT2D eigenvalue weighted by molar-refractivity contribution is 8.26. The smallest absolute Gasteiger partial charge is 0.0992 e. The minimum Gasteiger partial charge on any atom is -0.391 e. The van der Waals surface area contributed by atoms with E-state index < -0.39 is 22.1 Å². The molecule has 2 aromatic carbocycles. The molecule has 2 aromatic rings. The van der Waals surface area contributed by atoms with Crippen molar-refractivity contribution >= 4 is 34.6 Å². The van der Waals surface area contributed by atoms with E-state index in [1.54, 1.807) is 4.31 Å². The van der Waals surface area contributed by atoms with Gasteiger partial charge in [-0.1, -0.05) is 36.4 Å². The Morgan fingerprint density at radius 3 is 2.44 bits per heavy atom. The monoisotopic (exact) mass is 384 g/mol. The summed E-state index contributed by atoms with van der Waals surface area (Å²) >= 11 is 0. The standard InChI is InChI=1S/C18H24N2O3S.ClH/c1-19-12-11-17(21)18-13-14-7-5-6-10-16(14)20(24(18,22)23)15-8-3-2-4-9-15;/h2-10,17-19,21-23H,11-13H2,1H3;1H/t17-,18-;/m1./s1. The van der Waals surface area contributed by atoms with Crippen molar-refractivity contribution < 1.29 is 14.2 Å². The molecular formula is C18H25ClN2O3S. The third-order valence-corrected chi connectivity index (χ3v) is 6.65. The van der Waals surface area contributed by atoms with Crippen LogP contribution in [0, 0.1) is 0 Å². The number of rotatable bonds is 5. The van der Waals surface area contributed by atoms with E-state index in [-0.39, 0.29) is 12.4 Å². The first-order chi connectivity index (χ1) is 11.6. The first kappa shape index (κ1) is 20.0. The molecule has 3 rings (SSSR count). The van der Waals surface area contributed by atoms with E-state index >= 15 is 0 Å². The lowest BCUT2D eigenvalue weighted by Gasteiger charge is -2.54. The molecule has 0 saturated carbocycles. The van der Waals surface area contributed by atoms with Gasteiger partial charge in [-0.05, 0) is 50.2 Å². The fourth-order valence-corrected chi connectivity index (χ4v) is 5.30. The Morgan fingerprint density at radius 1 is 1.12 bits per heavy atom. The molecule has 1 heterocycles. The second kappa shape index (κ2) is 8.40. The van der Waals surface area contributed by atoms with E-state index in [0.717, 1.165) is 16.9 Å². The zero-order valence-electron chi connectivity index (χ0n) is 14.1. The van der Waals surface area contributed by atoms with Gasteiger partial charge < -0.3 is 10.4 Å². The number of fused-ring (bicyclic) bond motifs is 1. The first-order valence-electron chi connectivity index (χ1n) is 8.08. The number of halogens is 1. The lowest BCUT2D eigenvalue weighted by molar-refractivity contribution is 0.153. The Balaban J connectivity index is 0.00000225. The van der Waals surface area contributed by atoms with Crippen LogP contribution in [0.15, 0.2) is 54.6 Å². The van der Waals surface area contributed by atoms with Gasteiger partial charge in [0, 0.05) is 0 Å². The van der Waals surface area contributed by atoms with Crippen molar-refractivity contribution in [1.29, 1.82) is 0 Å². The highest BCUT2D eigenvalue weighted by Crippen LogP contribution is 2.60. The Labute approximate surface area is 156 Å². The van der Waals surface area contributed by atoms with Crippen LogP contribution in [-0.4, -0.2) is 39.2 Å². The summed E-state index contributed by atoms with van der Waals surface area (Å²) in [5.41, 5.74) is 2.53. The fourth-order valence-electron chi connectivity index (χ4n) is 3.17. The lowest BCUT2D eigenvalue weighted by atomic mass is 10.0. The number of hydrogen-bond acceptors (Lipinski definition) is 5. The maximum Gasteiger partial charge on any atom is 0.0992 e. The fraction of sp³-hybridized carbons (Fsp3) is 0.333. The van der Waals surface area contributed by atoms with Gasteiger partial charge in [-0.2, -0.15) is 0 Å². The van der Waals surface area contributed by atoms with Crippen molar-refractivity contribution in [2.75, 3.05) is 17.9 Å². The third kappa shape index (κ3) is 3.95. The highest BCUT2D eigenvalue weighted by Gasteiger charge is 2.42. The first-order valence-corrected chi connectivity index (χ1v) is 9.65. The van der Waals surface area contributed by atoms with E-state index in [1.165, 1.54) is 0 Å². The van der Waals surface area contributed by atoms with Crippen molar-refractivity contribution in [3.63, 3.8) is 0 Å². The second-order valence-corrected chi connectivity index (χ2v) is 8.11. The van der Waals surface area contributed by atoms with Crippen LogP contribution in [0.3, 0.4) is 0 Å². The van der Waals surface area contributed by atoms with Gasteiger partial charge in [0.1, 0.15) is 0 Å². The predicted octanol–water partition coefficient (Wildman–Crippen LogP) is 3.81. The number of aliphatic hydroxyl groups is 1. The molecule has 7 heteroatoms. The van der Waals surface area contributed by atoms with Crippen LogP contribution in [0.1, 0.15) is 12.0 Å². The van der Waals surface area contributed by atoms with E-state index in [1.807, 2.05) is 61.6 Å². The maximum absolute atomic E-state index is 11.0. The summed E-state index contributed by atoms with van der Waals surface area (Å²) < 4.78 is 23.7. The SMILES string of the molecule is CNCC[C@@H](O)[C@H]1Cc2ccccc2N(c2ccccc2)S1(O)O.Cl. The van der Waals surface area contributed by atoms with Gasteiger partial charge >= 0.3 is 0 Å². The average Bonchev–Trinajstić information content (AvgIpc) is 2.59. The van der Waals surface area contributed by atoms with Gasteiger partial charge in [0.15, 0.2) is 0 Å². The number of para-hydroxylation sites is 2. The van der Waals surface area contributed by atoms with Gasteiger partial charge in [-0.3, -0.25) is 9.11 Å². The van der Waals surface area contributed by atoms with Crippen LogP contribution in [0.2, 0.25) is 0 Å². The summed E-state index contributed by atoms with van der Waals surface area (Å²) in [6.45, 7) is 0.625. The molecule has 5 nitrogen and oxygen atoms in total. The zero-order chi connectivity index (χ0) is 17.2. The Morgan fingerprint density at radius 2 is 1.76 bits per heavy atom. The van der Waals surface area contributed by atoms with Crippen LogP contribution >= 0.6 is 23.2 Å². The van der Waals surface area contributed by atoms with Crippen LogP contribution in [0.25, 0.3) is 0 Å². The molecule has 0 bridgehead atoms. The predicted molar refractivity (Wildman–Crippen MR) is 107 cm³/mol. The molecule has 0 amide bonds. The zero-order valence-corrected chi connectivity index (χ0v) is 15.7. The Kier molecular flexibility index (Phi) is 6.73. The van der Waals surface area contributed by atoms with Gasteiger partial charge in [0.05, 0.1) is 22.7 Å². The number of nitrogens with one attached hydrogen (secondary N) is 1. The van der Waals surface area contributed by atoms with Gasteiger partial charge in [0.2, 0.25) is 0 Å². The molecule has 0 radical (unpaired) electrons. The summed E-state index contributed by atoms with van der Waals surface area (Å²) in [6, 6.07) is 17.1. The van der Waals surface area contributed by atoms with E-state index in [0.29, 0.717) is 19.4 Å². The van der Waals surface area contributed by atoms with Crippen molar-refractivity contribution in [2.45, 2.75) is 24.2 Å².